The first-order valence-electron chi connectivity index (χ1n) is 6.14. The number of carbonyl (C=O) groups excluding carboxylic acids is 1. The van der Waals surface area contributed by atoms with Crippen molar-refractivity contribution in [1.29, 1.82) is 5.26 Å². The predicted octanol–water partition coefficient (Wildman–Crippen LogP) is 2.06. The first-order chi connectivity index (χ1) is 7.77. The molecule has 1 amide bonds. The molecule has 0 radical (unpaired) electrons. The van der Waals surface area contributed by atoms with Crippen molar-refractivity contribution in [3.63, 3.8) is 0 Å². The summed E-state index contributed by atoms with van der Waals surface area (Å²) in [5.41, 5.74) is 1.68. The Balaban J connectivity index is 1.84. The SMILES string of the molecule is N#CC1(C(=O)NOC2CCCC2)CCCC1. The minimum atomic E-state index is -0.821. The minimum Gasteiger partial charge on any atom is -0.271 e. The van der Waals surface area contributed by atoms with Gasteiger partial charge < -0.3 is 0 Å². The monoisotopic (exact) mass is 222 g/mol. The van der Waals surface area contributed by atoms with Gasteiger partial charge in [-0.05, 0) is 25.7 Å². The van der Waals surface area contributed by atoms with E-state index in [1.807, 2.05) is 0 Å². The van der Waals surface area contributed by atoms with Crippen molar-refractivity contribution in [1.82, 2.24) is 5.48 Å². The number of hydrogen-bond donors (Lipinski definition) is 1. The molecule has 0 atom stereocenters. The Morgan fingerprint density at radius 3 is 2.44 bits per heavy atom. The van der Waals surface area contributed by atoms with Crippen LogP contribution in [0.1, 0.15) is 51.4 Å². The van der Waals surface area contributed by atoms with Crippen LogP contribution in [0.25, 0.3) is 0 Å². The summed E-state index contributed by atoms with van der Waals surface area (Å²) >= 11 is 0. The molecule has 0 saturated heterocycles. The van der Waals surface area contributed by atoms with Gasteiger partial charge in [0.25, 0.3) is 5.91 Å². The molecule has 4 nitrogen and oxygen atoms in total. The maximum absolute atomic E-state index is 11.9. The Morgan fingerprint density at radius 1 is 1.25 bits per heavy atom. The highest BCUT2D eigenvalue weighted by Crippen LogP contribution is 2.37. The molecule has 0 aromatic heterocycles. The lowest BCUT2D eigenvalue weighted by Crippen LogP contribution is -2.39. The second kappa shape index (κ2) is 4.84. The van der Waals surface area contributed by atoms with Crippen molar-refractivity contribution in [2.75, 3.05) is 0 Å². The Bertz CT molecular complexity index is 297. The third-order valence-electron chi connectivity index (χ3n) is 3.73. The average molecular weight is 222 g/mol. The van der Waals surface area contributed by atoms with E-state index in [9.17, 15) is 4.79 Å². The Morgan fingerprint density at radius 2 is 1.88 bits per heavy atom. The van der Waals surface area contributed by atoms with Gasteiger partial charge in [0.05, 0.1) is 12.2 Å². The normalized spacial score (nSPS) is 24.2. The number of hydroxylamine groups is 1. The van der Waals surface area contributed by atoms with Crippen molar-refractivity contribution >= 4 is 5.91 Å². The number of hydrogen-bond acceptors (Lipinski definition) is 3. The highest BCUT2D eigenvalue weighted by molar-refractivity contribution is 5.84. The molecule has 2 saturated carbocycles. The maximum Gasteiger partial charge on any atom is 0.263 e. The lowest BCUT2D eigenvalue weighted by molar-refractivity contribution is -0.145. The van der Waals surface area contributed by atoms with E-state index in [-0.39, 0.29) is 12.0 Å². The zero-order valence-electron chi connectivity index (χ0n) is 9.50. The van der Waals surface area contributed by atoms with E-state index in [2.05, 4.69) is 11.5 Å². The van der Waals surface area contributed by atoms with Crippen molar-refractivity contribution in [3.05, 3.63) is 0 Å². The molecular formula is C12H18N2O2. The van der Waals surface area contributed by atoms with E-state index in [1.165, 1.54) is 12.8 Å². The van der Waals surface area contributed by atoms with Gasteiger partial charge in [0, 0.05) is 0 Å². The minimum absolute atomic E-state index is 0.154. The van der Waals surface area contributed by atoms with Gasteiger partial charge >= 0.3 is 0 Å². The molecule has 0 unspecified atom stereocenters. The number of nitrogens with one attached hydrogen (secondary N) is 1. The number of nitrogens with zero attached hydrogens (tertiary/aromatic N) is 1. The molecule has 2 rings (SSSR count). The fourth-order valence-corrected chi connectivity index (χ4v) is 2.61. The van der Waals surface area contributed by atoms with Gasteiger partial charge in [-0.25, -0.2) is 5.48 Å². The number of rotatable bonds is 3. The summed E-state index contributed by atoms with van der Waals surface area (Å²) in [5.74, 6) is -0.237. The highest BCUT2D eigenvalue weighted by atomic mass is 16.7. The van der Waals surface area contributed by atoms with Gasteiger partial charge in [-0.3, -0.25) is 9.63 Å². The summed E-state index contributed by atoms with van der Waals surface area (Å²) in [7, 11) is 0. The van der Waals surface area contributed by atoms with Gasteiger partial charge in [-0.2, -0.15) is 5.26 Å². The first-order valence-corrected chi connectivity index (χ1v) is 6.14. The van der Waals surface area contributed by atoms with Crippen LogP contribution in [0.15, 0.2) is 0 Å². The maximum atomic E-state index is 11.9. The molecule has 0 bridgehead atoms. The van der Waals surface area contributed by atoms with Crippen LogP contribution in [0.2, 0.25) is 0 Å². The second-order valence-electron chi connectivity index (χ2n) is 4.86. The third-order valence-corrected chi connectivity index (χ3v) is 3.73. The van der Waals surface area contributed by atoms with Crippen LogP contribution in [0.3, 0.4) is 0 Å². The van der Waals surface area contributed by atoms with E-state index in [0.29, 0.717) is 12.8 Å². The Hall–Kier alpha value is -1.08. The highest BCUT2D eigenvalue weighted by Gasteiger charge is 2.42. The van der Waals surface area contributed by atoms with Crippen molar-refractivity contribution in [3.8, 4) is 6.07 Å². The molecular weight excluding hydrogens is 204 g/mol. The molecule has 2 fully saturated rings. The van der Waals surface area contributed by atoms with E-state index in [0.717, 1.165) is 25.7 Å². The molecule has 0 aromatic rings. The average Bonchev–Trinajstić information content (AvgIpc) is 2.97. The summed E-state index contributed by atoms with van der Waals surface area (Å²) in [6, 6.07) is 2.16. The van der Waals surface area contributed by atoms with Gasteiger partial charge in [0.1, 0.15) is 5.41 Å². The quantitative estimate of drug-likeness (QED) is 0.743. The van der Waals surface area contributed by atoms with E-state index < -0.39 is 5.41 Å². The smallest absolute Gasteiger partial charge is 0.263 e. The van der Waals surface area contributed by atoms with Gasteiger partial charge in [-0.1, -0.05) is 25.7 Å². The van der Waals surface area contributed by atoms with Crippen LogP contribution in [0.4, 0.5) is 0 Å². The zero-order chi connectivity index (χ0) is 11.4. The fourth-order valence-electron chi connectivity index (χ4n) is 2.61. The summed E-state index contributed by atoms with van der Waals surface area (Å²) in [6.07, 6.45) is 7.79. The Labute approximate surface area is 95.9 Å². The summed E-state index contributed by atoms with van der Waals surface area (Å²) < 4.78 is 0. The molecule has 0 heterocycles. The molecule has 88 valence electrons. The lowest BCUT2D eigenvalue weighted by Gasteiger charge is -2.20. The van der Waals surface area contributed by atoms with Crippen LogP contribution in [0.5, 0.6) is 0 Å². The fraction of sp³-hybridized carbons (Fsp3) is 0.833. The molecule has 0 aromatic carbocycles. The van der Waals surface area contributed by atoms with Crippen molar-refractivity contribution in [2.45, 2.75) is 57.5 Å². The summed E-state index contributed by atoms with van der Waals surface area (Å²) in [6.45, 7) is 0. The standard InChI is InChI=1S/C12H18N2O2/c13-9-12(7-3-4-8-12)11(15)14-16-10-5-1-2-6-10/h10H,1-8H2,(H,14,15). The molecule has 2 aliphatic rings. The second-order valence-corrected chi connectivity index (χ2v) is 4.86. The predicted molar refractivity (Wildman–Crippen MR) is 58.0 cm³/mol. The van der Waals surface area contributed by atoms with E-state index in [1.54, 1.807) is 0 Å². The lowest BCUT2D eigenvalue weighted by atomic mass is 9.87. The van der Waals surface area contributed by atoms with Crippen LogP contribution in [-0.2, 0) is 9.63 Å². The number of carbonyl (C=O) groups is 1. The largest absolute Gasteiger partial charge is 0.271 e. The van der Waals surface area contributed by atoms with Crippen LogP contribution < -0.4 is 5.48 Å². The molecule has 1 N–H and O–H groups in total. The zero-order valence-corrected chi connectivity index (χ0v) is 9.50. The van der Waals surface area contributed by atoms with Gasteiger partial charge in [-0.15, -0.1) is 0 Å². The van der Waals surface area contributed by atoms with Crippen LogP contribution in [0, 0.1) is 16.7 Å². The summed E-state index contributed by atoms with van der Waals surface area (Å²) in [5, 5.41) is 9.11. The first kappa shape index (κ1) is 11.4. The van der Waals surface area contributed by atoms with E-state index >= 15 is 0 Å². The number of amides is 1. The van der Waals surface area contributed by atoms with E-state index in [4.69, 9.17) is 10.1 Å². The molecule has 4 heteroatoms. The van der Waals surface area contributed by atoms with Gasteiger partial charge in [0.15, 0.2) is 0 Å². The Kier molecular flexibility index (Phi) is 3.45. The topological polar surface area (TPSA) is 62.1 Å². The molecule has 16 heavy (non-hydrogen) atoms. The van der Waals surface area contributed by atoms with Crippen molar-refractivity contribution < 1.29 is 9.63 Å². The van der Waals surface area contributed by atoms with Crippen LogP contribution in [-0.4, -0.2) is 12.0 Å². The molecule has 0 aliphatic heterocycles. The van der Waals surface area contributed by atoms with Crippen LogP contribution >= 0.6 is 0 Å². The number of nitriles is 1. The molecule has 2 aliphatic carbocycles. The van der Waals surface area contributed by atoms with Crippen molar-refractivity contribution in [2.24, 2.45) is 5.41 Å². The van der Waals surface area contributed by atoms with Gasteiger partial charge in [0.2, 0.25) is 0 Å². The summed E-state index contributed by atoms with van der Waals surface area (Å²) in [4.78, 5) is 17.2. The molecule has 0 spiro atoms. The third kappa shape index (κ3) is 2.19.